The molecule has 3 aliphatic rings. The summed E-state index contributed by atoms with van der Waals surface area (Å²) in [6.45, 7) is 4.82. The maximum atomic E-state index is 11.5. The molecule has 0 amide bonds. The topological polar surface area (TPSA) is 72.2 Å². The van der Waals surface area contributed by atoms with Crippen LogP contribution in [0.4, 0.5) is 0 Å². The van der Waals surface area contributed by atoms with Gasteiger partial charge in [0.05, 0.1) is 0 Å². The molecule has 25 heavy (non-hydrogen) atoms. The second-order valence-corrected chi connectivity index (χ2v) is 7.32. The number of nitrogens with zero attached hydrogens (tertiary/aromatic N) is 2. The predicted molar refractivity (Wildman–Crippen MR) is 96.3 cm³/mol. The van der Waals surface area contributed by atoms with Crippen LogP contribution in [-0.2, 0) is 13.1 Å². The van der Waals surface area contributed by atoms with Crippen molar-refractivity contribution in [2.24, 2.45) is 5.92 Å². The van der Waals surface area contributed by atoms with Gasteiger partial charge in [0, 0.05) is 50.5 Å². The van der Waals surface area contributed by atoms with E-state index in [9.17, 15) is 9.59 Å². The van der Waals surface area contributed by atoms with Crippen molar-refractivity contribution in [1.29, 1.82) is 0 Å². The van der Waals surface area contributed by atoms with E-state index in [0.29, 0.717) is 24.2 Å². The van der Waals surface area contributed by atoms with E-state index in [2.05, 4.69) is 50.1 Å². The number of rotatable bonds is 4. The third-order valence-corrected chi connectivity index (χ3v) is 5.34. The van der Waals surface area contributed by atoms with Crippen LogP contribution in [0.15, 0.2) is 46.0 Å². The number of fused-ring (bicyclic) bond motifs is 4. The SMILES string of the molecule is O=c1cc(CN2C[C@H]3CC[C@@H]2CN(Cc2ccccc2)C3)[nH]c(=O)[nH]1. The highest BCUT2D eigenvalue weighted by Gasteiger charge is 2.34. The molecular weight excluding hydrogens is 316 g/mol. The van der Waals surface area contributed by atoms with Crippen molar-refractivity contribution in [3.8, 4) is 0 Å². The molecule has 5 rings (SSSR count). The van der Waals surface area contributed by atoms with E-state index in [1.807, 2.05) is 0 Å². The van der Waals surface area contributed by atoms with Crippen molar-refractivity contribution in [3.63, 3.8) is 0 Å². The Morgan fingerprint density at radius 2 is 1.80 bits per heavy atom. The molecule has 2 aromatic rings. The van der Waals surface area contributed by atoms with Gasteiger partial charge in [-0.15, -0.1) is 0 Å². The highest BCUT2D eigenvalue weighted by Crippen LogP contribution is 2.29. The zero-order valence-corrected chi connectivity index (χ0v) is 14.3. The number of H-pyrrole nitrogens is 2. The predicted octanol–water partition coefficient (Wildman–Crippen LogP) is 1.16. The molecule has 0 spiro atoms. The van der Waals surface area contributed by atoms with Crippen LogP contribution in [-0.4, -0.2) is 45.4 Å². The normalized spacial score (nSPS) is 24.3. The fourth-order valence-corrected chi connectivity index (χ4v) is 4.26. The number of aromatic nitrogens is 2. The van der Waals surface area contributed by atoms with Gasteiger partial charge < -0.3 is 4.98 Å². The summed E-state index contributed by atoms with van der Waals surface area (Å²) in [5, 5.41) is 0. The molecule has 0 unspecified atom stereocenters. The minimum atomic E-state index is -0.423. The third kappa shape index (κ3) is 3.91. The van der Waals surface area contributed by atoms with Crippen molar-refractivity contribution >= 4 is 0 Å². The largest absolute Gasteiger partial charge is 0.325 e. The number of benzene rings is 1. The lowest BCUT2D eigenvalue weighted by Crippen LogP contribution is -2.44. The Morgan fingerprint density at radius 3 is 2.60 bits per heavy atom. The Balaban J connectivity index is 1.47. The fraction of sp³-hybridized carbons (Fsp3) is 0.474. The minimum Gasteiger partial charge on any atom is -0.310 e. The van der Waals surface area contributed by atoms with Crippen LogP contribution >= 0.6 is 0 Å². The van der Waals surface area contributed by atoms with Crippen LogP contribution in [0, 0.1) is 5.92 Å². The Labute approximate surface area is 146 Å². The highest BCUT2D eigenvalue weighted by molar-refractivity contribution is 5.14. The Morgan fingerprint density at radius 1 is 0.960 bits per heavy atom. The molecule has 3 saturated heterocycles. The van der Waals surface area contributed by atoms with Crippen molar-refractivity contribution < 1.29 is 0 Å². The van der Waals surface area contributed by atoms with E-state index in [-0.39, 0.29) is 5.56 Å². The van der Waals surface area contributed by atoms with Crippen LogP contribution in [0.1, 0.15) is 24.1 Å². The van der Waals surface area contributed by atoms with Gasteiger partial charge in [-0.1, -0.05) is 30.3 Å². The molecule has 0 saturated carbocycles. The van der Waals surface area contributed by atoms with E-state index >= 15 is 0 Å². The summed E-state index contributed by atoms with van der Waals surface area (Å²) in [4.78, 5) is 33.0. The molecule has 1 aromatic heterocycles. The molecule has 6 nitrogen and oxygen atoms in total. The summed E-state index contributed by atoms with van der Waals surface area (Å²) in [7, 11) is 0. The van der Waals surface area contributed by atoms with Gasteiger partial charge in [-0.05, 0) is 24.3 Å². The summed E-state index contributed by atoms with van der Waals surface area (Å²) in [5.74, 6) is 0.649. The van der Waals surface area contributed by atoms with Gasteiger partial charge in [0.1, 0.15) is 0 Å². The number of nitrogens with one attached hydrogen (secondary N) is 2. The van der Waals surface area contributed by atoms with Gasteiger partial charge in [-0.3, -0.25) is 19.6 Å². The maximum Gasteiger partial charge on any atom is 0.325 e. The Kier molecular flexibility index (Phi) is 4.55. The van der Waals surface area contributed by atoms with Crippen LogP contribution in [0.3, 0.4) is 0 Å². The van der Waals surface area contributed by atoms with E-state index in [0.717, 1.165) is 26.2 Å². The smallest absolute Gasteiger partial charge is 0.310 e. The van der Waals surface area contributed by atoms with Crippen LogP contribution in [0.5, 0.6) is 0 Å². The highest BCUT2D eigenvalue weighted by atomic mass is 16.2. The summed E-state index contributed by atoms with van der Waals surface area (Å²) in [6.07, 6.45) is 2.45. The van der Waals surface area contributed by atoms with Gasteiger partial charge in [0.15, 0.2) is 0 Å². The lowest BCUT2D eigenvalue weighted by molar-refractivity contribution is 0.121. The van der Waals surface area contributed by atoms with E-state index in [4.69, 9.17) is 0 Å². The first-order valence-electron chi connectivity index (χ1n) is 8.98. The maximum absolute atomic E-state index is 11.5. The molecule has 2 bridgehead atoms. The monoisotopic (exact) mass is 340 g/mol. The van der Waals surface area contributed by atoms with Crippen LogP contribution < -0.4 is 11.2 Å². The lowest BCUT2D eigenvalue weighted by atomic mass is 9.95. The number of piperidine rings is 1. The zero-order valence-electron chi connectivity index (χ0n) is 14.3. The molecule has 0 aliphatic carbocycles. The average Bonchev–Trinajstić information content (AvgIpc) is 2.85. The Bertz CT molecular complexity index is 801. The second kappa shape index (κ2) is 6.98. The number of hydrogen-bond acceptors (Lipinski definition) is 4. The molecule has 3 fully saturated rings. The third-order valence-electron chi connectivity index (χ3n) is 5.34. The van der Waals surface area contributed by atoms with E-state index in [1.54, 1.807) is 0 Å². The molecule has 132 valence electrons. The molecule has 2 N–H and O–H groups in total. The first-order chi connectivity index (χ1) is 12.2. The second-order valence-electron chi connectivity index (χ2n) is 7.32. The van der Waals surface area contributed by atoms with Crippen molar-refractivity contribution in [2.45, 2.75) is 32.0 Å². The standard InChI is InChI=1S/C19H24N4O2/c24-18-8-16(20-19(25)21-18)12-23-11-15-6-7-17(23)13-22(10-15)9-14-4-2-1-3-5-14/h1-5,8,15,17H,6-7,9-13H2,(H2,20,21,24,25)/t15-,17+/m0/s1. The van der Waals surface area contributed by atoms with Crippen molar-refractivity contribution in [1.82, 2.24) is 19.8 Å². The molecule has 3 aliphatic heterocycles. The van der Waals surface area contributed by atoms with Crippen LogP contribution in [0.2, 0.25) is 0 Å². The number of aromatic amines is 2. The van der Waals surface area contributed by atoms with Crippen molar-refractivity contribution in [2.75, 3.05) is 19.6 Å². The first kappa shape index (κ1) is 16.3. The summed E-state index contributed by atoms with van der Waals surface area (Å²) in [6, 6.07) is 12.6. The summed E-state index contributed by atoms with van der Waals surface area (Å²) in [5.41, 5.74) is 1.31. The molecule has 4 heterocycles. The van der Waals surface area contributed by atoms with E-state index < -0.39 is 5.69 Å². The molecule has 1 aromatic carbocycles. The Hall–Kier alpha value is -2.18. The molecule has 6 heteroatoms. The molecule has 0 radical (unpaired) electrons. The zero-order chi connectivity index (χ0) is 17.2. The fourth-order valence-electron chi connectivity index (χ4n) is 4.26. The number of hydrogen-bond donors (Lipinski definition) is 2. The average molecular weight is 340 g/mol. The van der Waals surface area contributed by atoms with Gasteiger partial charge in [-0.25, -0.2) is 4.79 Å². The quantitative estimate of drug-likeness (QED) is 0.876. The minimum absolute atomic E-state index is 0.329. The van der Waals surface area contributed by atoms with Gasteiger partial charge >= 0.3 is 5.69 Å². The summed E-state index contributed by atoms with van der Waals surface area (Å²) < 4.78 is 0. The molecular formula is C19H24N4O2. The van der Waals surface area contributed by atoms with Crippen molar-refractivity contribution in [3.05, 3.63) is 68.5 Å². The van der Waals surface area contributed by atoms with Gasteiger partial charge in [0.25, 0.3) is 5.56 Å². The van der Waals surface area contributed by atoms with E-state index in [1.165, 1.54) is 24.5 Å². The lowest BCUT2D eigenvalue weighted by Gasteiger charge is -2.36. The molecule has 2 atom stereocenters. The summed E-state index contributed by atoms with van der Waals surface area (Å²) >= 11 is 0. The van der Waals surface area contributed by atoms with Gasteiger partial charge in [-0.2, -0.15) is 0 Å². The van der Waals surface area contributed by atoms with Crippen LogP contribution in [0.25, 0.3) is 0 Å². The van der Waals surface area contributed by atoms with Gasteiger partial charge in [0.2, 0.25) is 0 Å². The first-order valence-corrected chi connectivity index (χ1v) is 8.98.